The van der Waals surface area contributed by atoms with E-state index in [0.717, 1.165) is 11.1 Å². The predicted molar refractivity (Wildman–Crippen MR) is 106 cm³/mol. The summed E-state index contributed by atoms with van der Waals surface area (Å²) in [6, 6.07) is 13.5. The molecule has 7 heteroatoms. The summed E-state index contributed by atoms with van der Waals surface area (Å²) in [6.45, 7) is 3.02. The van der Waals surface area contributed by atoms with Crippen LogP contribution in [0.5, 0.6) is 11.5 Å². The van der Waals surface area contributed by atoms with Crippen molar-refractivity contribution in [3.8, 4) is 11.5 Å². The van der Waals surface area contributed by atoms with Gasteiger partial charge in [-0.05, 0) is 42.4 Å². The quantitative estimate of drug-likeness (QED) is 0.437. The summed E-state index contributed by atoms with van der Waals surface area (Å²) in [7, 11) is 1.57. The maximum Gasteiger partial charge on any atom is 0.187 e. The molecule has 0 aromatic heterocycles. The standard InChI is InChI=1S/C18H20ClN3O2S/c1-3-24-17-15(19)9-14(10-16(17)23-2)12-21-22-18(25)20-11-13-7-5-4-6-8-13/h4-10,12H,3,11H2,1-2H3,(H2,20,22,25)/b21-12+. The van der Waals surface area contributed by atoms with Crippen LogP contribution in [-0.2, 0) is 6.54 Å². The van der Waals surface area contributed by atoms with E-state index in [0.29, 0.717) is 34.8 Å². The van der Waals surface area contributed by atoms with Gasteiger partial charge in [-0.25, -0.2) is 0 Å². The third-order valence-corrected chi connectivity index (χ3v) is 3.73. The van der Waals surface area contributed by atoms with E-state index < -0.39 is 0 Å². The molecule has 0 atom stereocenters. The fraction of sp³-hybridized carbons (Fsp3) is 0.222. The van der Waals surface area contributed by atoms with Crippen molar-refractivity contribution in [2.45, 2.75) is 13.5 Å². The van der Waals surface area contributed by atoms with Crippen LogP contribution in [0.1, 0.15) is 18.1 Å². The topological polar surface area (TPSA) is 54.9 Å². The van der Waals surface area contributed by atoms with E-state index in [-0.39, 0.29) is 0 Å². The highest BCUT2D eigenvalue weighted by Crippen LogP contribution is 2.35. The fourth-order valence-electron chi connectivity index (χ4n) is 2.08. The van der Waals surface area contributed by atoms with Crippen molar-refractivity contribution in [1.82, 2.24) is 10.7 Å². The number of hydrogen-bond acceptors (Lipinski definition) is 4. The molecule has 5 nitrogen and oxygen atoms in total. The van der Waals surface area contributed by atoms with Gasteiger partial charge < -0.3 is 14.8 Å². The van der Waals surface area contributed by atoms with Crippen LogP contribution in [0, 0.1) is 0 Å². The normalized spacial score (nSPS) is 10.5. The lowest BCUT2D eigenvalue weighted by Crippen LogP contribution is -2.31. The molecule has 0 bridgehead atoms. The van der Waals surface area contributed by atoms with Crippen LogP contribution in [0.15, 0.2) is 47.6 Å². The Hall–Kier alpha value is -2.31. The van der Waals surface area contributed by atoms with Gasteiger partial charge in [0.15, 0.2) is 16.6 Å². The maximum absolute atomic E-state index is 6.23. The van der Waals surface area contributed by atoms with Gasteiger partial charge in [0.2, 0.25) is 0 Å². The van der Waals surface area contributed by atoms with Gasteiger partial charge in [-0.2, -0.15) is 5.10 Å². The summed E-state index contributed by atoms with van der Waals surface area (Å²) in [5.74, 6) is 1.08. The molecule has 0 unspecified atom stereocenters. The molecule has 2 aromatic rings. The van der Waals surface area contributed by atoms with Crippen molar-refractivity contribution in [1.29, 1.82) is 0 Å². The zero-order valence-corrected chi connectivity index (χ0v) is 15.7. The van der Waals surface area contributed by atoms with Crippen LogP contribution in [0.2, 0.25) is 5.02 Å². The summed E-state index contributed by atoms with van der Waals surface area (Å²) in [6.07, 6.45) is 1.61. The zero-order chi connectivity index (χ0) is 18.1. The SMILES string of the molecule is CCOc1c(Cl)cc(/C=N/NC(=S)NCc2ccccc2)cc1OC. The molecule has 2 aromatic carbocycles. The number of hydrazone groups is 1. The van der Waals surface area contributed by atoms with Crippen LogP contribution in [0.4, 0.5) is 0 Å². The average molecular weight is 378 g/mol. The largest absolute Gasteiger partial charge is 0.493 e. The Bertz CT molecular complexity index is 739. The number of benzene rings is 2. The van der Waals surface area contributed by atoms with Crippen LogP contribution < -0.4 is 20.2 Å². The number of ether oxygens (including phenoxy) is 2. The molecule has 0 fully saturated rings. The third-order valence-electron chi connectivity index (χ3n) is 3.22. The van der Waals surface area contributed by atoms with Gasteiger partial charge >= 0.3 is 0 Å². The van der Waals surface area contributed by atoms with E-state index in [1.807, 2.05) is 37.3 Å². The van der Waals surface area contributed by atoms with Gasteiger partial charge in [-0.3, -0.25) is 5.43 Å². The predicted octanol–water partition coefficient (Wildman–Crippen LogP) is 3.75. The third kappa shape index (κ3) is 5.92. The molecule has 0 aliphatic rings. The minimum absolute atomic E-state index is 0.434. The van der Waals surface area contributed by atoms with Gasteiger partial charge in [0, 0.05) is 6.54 Å². The van der Waals surface area contributed by atoms with Crippen molar-refractivity contribution in [3.05, 3.63) is 58.6 Å². The lowest BCUT2D eigenvalue weighted by Gasteiger charge is -2.11. The second-order valence-electron chi connectivity index (χ2n) is 5.01. The van der Waals surface area contributed by atoms with Crippen molar-refractivity contribution < 1.29 is 9.47 Å². The Labute approximate surface area is 158 Å². The number of rotatable bonds is 7. The van der Waals surface area contributed by atoms with Gasteiger partial charge in [-0.1, -0.05) is 41.9 Å². The molecule has 0 saturated carbocycles. The molecule has 0 spiro atoms. The zero-order valence-electron chi connectivity index (χ0n) is 14.1. The number of halogens is 1. The van der Waals surface area contributed by atoms with Gasteiger partial charge in [0.25, 0.3) is 0 Å². The van der Waals surface area contributed by atoms with Crippen LogP contribution in [0.25, 0.3) is 0 Å². The highest BCUT2D eigenvalue weighted by atomic mass is 35.5. The second kappa shape index (κ2) is 9.86. The molecule has 0 saturated heterocycles. The molecule has 0 aliphatic carbocycles. The van der Waals surface area contributed by atoms with Crippen molar-refractivity contribution in [3.63, 3.8) is 0 Å². The van der Waals surface area contributed by atoms with Gasteiger partial charge in [-0.15, -0.1) is 0 Å². The maximum atomic E-state index is 6.23. The molecule has 0 heterocycles. The minimum atomic E-state index is 0.434. The summed E-state index contributed by atoms with van der Waals surface area (Å²) in [4.78, 5) is 0. The number of thiocarbonyl (C=S) groups is 1. The highest BCUT2D eigenvalue weighted by Gasteiger charge is 2.10. The summed E-state index contributed by atoms with van der Waals surface area (Å²) < 4.78 is 10.8. The van der Waals surface area contributed by atoms with Crippen LogP contribution in [-0.4, -0.2) is 25.0 Å². The molecule has 25 heavy (non-hydrogen) atoms. The Morgan fingerprint density at radius 3 is 2.72 bits per heavy atom. The number of nitrogens with one attached hydrogen (secondary N) is 2. The first-order valence-corrected chi connectivity index (χ1v) is 8.53. The van der Waals surface area contributed by atoms with E-state index in [9.17, 15) is 0 Å². The second-order valence-corrected chi connectivity index (χ2v) is 5.82. The lowest BCUT2D eigenvalue weighted by molar-refractivity contribution is 0.311. The molecular weight excluding hydrogens is 358 g/mol. The lowest BCUT2D eigenvalue weighted by atomic mass is 10.2. The molecular formula is C18H20ClN3O2S. The smallest absolute Gasteiger partial charge is 0.187 e. The van der Waals surface area contributed by atoms with Gasteiger partial charge in [0.1, 0.15) is 0 Å². The Kier molecular flexibility index (Phi) is 7.50. The first-order valence-electron chi connectivity index (χ1n) is 7.75. The molecule has 0 radical (unpaired) electrons. The summed E-state index contributed by atoms with van der Waals surface area (Å²) in [5, 5.41) is 8.09. The monoisotopic (exact) mass is 377 g/mol. The van der Waals surface area contributed by atoms with E-state index >= 15 is 0 Å². The summed E-state index contributed by atoms with van der Waals surface area (Å²) >= 11 is 11.4. The van der Waals surface area contributed by atoms with Crippen LogP contribution in [0.3, 0.4) is 0 Å². The Morgan fingerprint density at radius 2 is 2.04 bits per heavy atom. The van der Waals surface area contributed by atoms with Gasteiger partial charge in [0.05, 0.1) is 25.0 Å². The highest BCUT2D eigenvalue weighted by molar-refractivity contribution is 7.80. The van der Waals surface area contributed by atoms with Crippen molar-refractivity contribution >= 4 is 35.1 Å². The molecule has 2 N–H and O–H groups in total. The Balaban J connectivity index is 1.92. The first kappa shape index (κ1) is 19.0. The molecule has 132 valence electrons. The molecule has 0 amide bonds. The minimum Gasteiger partial charge on any atom is -0.493 e. The summed E-state index contributed by atoms with van der Waals surface area (Å²) in [5.41, 5.74) is 4.68. The van der Waals surface area contributed by atoms with E-state index in [4.69, 9.17) is 33.3 Å². The molecule has 2 rings (SSSR count). The van der Waals surface area contributed by atoms with E-state index in [2.05, 4.69) is 15.8 Å². The average Bonchev–Trinajstić information content (AvgIpc) is 2.63. The van der Waals surface area contributed by atoms with E-state index in [1.54, 1.807) is 25.5 Å². The molecule has 0 aliphatic heterocycles. The van der Waals surface area contributed by atoms with Crippen LogP contribution >= 0.6 is 23.8 Å². The first-order chi connectivity index (χ1) is 12.1. The Morgan fingerprint density at radius 1 is 1.28 bits per heavy atom. The number of nitrogens with zero attached hydrogens (tertiary/aromatic N) is 1. The van der Waals surface area contributed by atoms with E-state index in [1.165, 1.54) is 0 Å². The fourth-order valence-corrected chi connectivity index (χ4v) is 2.48. The number of hydrogen-bond donors (Lipinski definition) is 2. The van der Waals surface area contributed by atoms with Crippen molar-refractivity contribution in [2.75, 3.05) is 13.7 Å². The van der Waals surface area contributed by atoms with Crippen molar-refractivity contribution in [2.24, 2.45) is 5.10 Å². The number of methoxy groups -OCH3 is 1.